The molecule has 0 bridgehead atoms. The van der Waals surface area contributed by atoms with Crippen molar-refractivity contribution in [1.82, 2.24) is 0 Å². The van der Waals surface area contributed by atoms with Crippen molar-refractivity contribution in [3.05, 3.63) is 39.9 Å². The molecular weight excluding hydrogens is 250 g/mol. The molecule has 0 aromatic heterocycles. The Hall–Kier alpha value is -1.61. The van der Waals surface area contributed by atoms with Crippen LogP contribution >= 0.6 is 11.6 Å². The fourth-order valence-electron chi connectivity index (χ4n) is 2.11. The number of ketones is 1. The first kappa shape index (κ1) is 12.8. The highest BCUT2D eigenvalue weighted by molar-refractivity contribution is 6.52. The molecule has 0 spiro atoms. The summed E-state index contributed by atoms with van der Waals surface area (Å²) in [5.41, 5.74) is 5.52. The molecule has 0 unspecified atom stereocenters. The Kier molecular flexibility index (Phi) is 3.26. The number of hydrogen-bond donors (Lipinski definition) is 0. The predicted molar refractivity (Wildman–Crippen MR) is 72.2 cm³/mol. The van der Waals surface area contributed by atoms with E-state index < -0.39 is 11.7 Å². The molecule has 4 heteroatoms. The third kappa shape index (κ3) is 1.85. The van der Waals surface area contributed by atoms with Gasteiger partial charge >= 0.3 is 0 Å². The second kappa shape index (κ2) is 4.58. The van der Waals surface area contributed by atoms with E-state index in [4.69, 9.17) is 11.6 Å². The molecule has 0 atom stereocenters. The van der Waals surface area contributed by atoms with Gasteiger partial charge < -0.3 is 4.90 Å². The van der Waals surface area contributed by atoms with Gasteiger partial charge in [-0.05, 0) is 43.5 Å². The summed E-state index contributed by atoms with van der Waals surface area (Å²) in [6.45, 7) is 6.07. The summed E-state index contributed by atoms with van der Waals surface area (Å²) in [5.74, 6) is -0.910. The van der Waals surface area contributed by atoms with Crippen LogP contribution in [0, 0.1) is 13.8 Å². The van der Waals surface area contributed by atoms with E-state index in [1.54, 1.807) is 6.07 Å². The smallest absolute Gasteiger partial charge is 0.299 e. The van der Waals surface area contributed by atoms with E-state index >= 15 is 0 Å². The van der Waals surface area contributed by atoms with Crippen LogP contribution in [-0.4, -0.2) is 18.2 Å². The summed E-state index contributed by atoms with van der Waals surface area (Å²) in [5, 5.41) is 0. The first-order valence-electron chi connectivity index (χ1n) is 5.69. The van der Waals surface area contributed by atoms with Gasteiger partial charge in [0.25, 0.3) is 11.7 Å². The van der Waals surface area contributed by atoms with E-state index in [2.05, 4.69) is 0 Å². The zero-order valence-corrected chi connectivity index (χ0v) is 11.3. The van der Waals surface area contributed by atoms with Gasteiger partial charge in [0, 0.05) is 12.1 Å². The Morgan fingerprint density at radius 1 is 1.33 bits per heavy atom. The van der Waals surface area contributed by atoms with Crippen molar-refractivity contribution in [2.24, 2.45) is 0 Å². The second-order valence-electron chi connectivity index (χ2n) is 4.58. The number of carbonyl (C=O) groups excluding carboxylic acids is 2. The van der Waals surface area contributed by atoms with Crippen molar-refractivity contribution in [3.63, 3.8) is 0 Å². The van der Waals surface area contributed by atoms with Crippen molar-refractivity contribution in [2.75, 3.05) is 11.4 Å². The van der Waals surface area contributed by atoms with E-state index in [-0.39, 0.29) is 0 Å². The lowest BCUT2D eigenvalue weighted by Crippen LogP contribution is -2.31. The van der Waals surface area contributed by atoms with Gasteiger partial charge in [0.15, 0.2) is 0 Å². The highest BCUT2D eigenvalue weighted by Gasteiger charge is 2.37. The standard InChI is InChI=1S/C14H14ClNO2/c1-8(6-15)7-16-12-10(3)9(2)4-5-11(12)13(17)14(16)18/h4-6H,7H2,1-3H3/b8-6-. The van der Waals surface area contributed by atoms with Crippen molar-refractivity contribution >= 4 is 29.0 Å². The molecular formula is C14H14ClNO2. The Labute approximate surface area is 111 Å². The quantitative estimate of drug-likeness (QED) is 0.770. The molecule has 0 fully saturated rings. The summed E-state index contributed by atoms with van der Waals surface area (Å²) in [6.07, 6.45) is 0. The van der Waals surface area contributed by atoms with Crippen molar-refractivity contribution in [2.45, 2.75) is 20.8 Å². The lowest BCUT2D eigenvalue weighted by molar-refractivity contribution is -0.114. The summed E-state index contributed by atoms with van der Waals surface area (Å²) in [4.78, 5) is 25.4. The van der Waals surface area contributed by atoms with E-state index in [0.29, 0.717) is 12.1 Å². The fraction of sp³-hybridized carbons (Fsp3) is 0.286. The number of halogens is 1. The molecule has 2 rings (SSSR count). The van der Waals surface area contributed by atoms with Gasteiger partial charge in [-0.1, -0.05) is 17.7 Å². The van der Waals surface area contributed by atoms with Crippen molar-refractivity contribution < 1.29 is 9.59 Å². The molecule has 0 radical (unpaired) electrons. The summed E-state index contributed by atoms with van der Waals surface area (Å²) < 4.78 is 0. The molecule has 94 valence electrons. The van der Waals surface area contributed by atoms with Crippen molar-refractivity contribution in [3.8, 4) is 0 Å². The predicted octanol–water partition coefficient (Wildman–Crippen LogP) is 2.98. The number of anilines is 1. The summed E-state index contributed by atoms with van der Waals surface area (Å²) in [7, 11) is 0. The number of benzene rings is 1. The lowest BCUT2D eigenvalue weighted by Gasteiger charge is -2.19. The number of Topliss-reactive ketones (excluding diaryl/α,β-unsaturated/α-hetero) is 1. The maximum absolute atomic E-state index is 12.0. The summed E-state index contributed by atoms with van der Waals surface area (Å²) >= 11 is 5.63. The minimum atomic E-state index is -0.475. The van der Waals surface area contributed by atoms with Crippen LogP contribution in [0.4, 0.5) is 5.69 Å². The monoisotopic (exact) mass is 263 g/mol. The van der Waals surface area contributed by atoms with Crippen LogP contribution in [0.15, 0.2) is 23.2 Å². The molecule has 3 nitrogen and oxygen atoms in total. The van der Waals surface area contributed by atoms with Crippen LogP contribution < -0.4 is 4.90 Å². The normalized spacial score (nSPS) is 15.3. The van der Waals surface area contributed by atoms with Crippen LogP contribution in [0.3, 0.4) is 0 Å². The number of nitrogens with zero attached hydrogens (tertiary/aromatic N) is 1. The average Bonchev–Trinajstić information content (AvgIpc) is 2.59. The number of carbonyl (C=O) groups is 2. The van der Waals surface area contributed by atoms with Crippen LogP contribution in [0.5, 0.6) is 0 Å². The van der Waals surface area contributed by atoms with E-state index in [0.717, 1.165) is 22.4 Å². The molecule has 0 aliphatic carbocycles. The molecule has 18 heavy (non-hydrogen) atoms. The minimum absolute atomic E-state index is 0.353. The third-order valence-corrected chi connectivity index (χ3v) is 3.62. The molecule has 0 saturated heterocycles. The van der Waals surface area contributed by atoms with Crippen LogP contribution in [-0.2, 0) is 4.79 Å². The molecule has 1 aromatic carbocycles. The summed E-state index contributed by atoms with van der Waals surface area (Å²) in [6, 6.07) is 3.59. The number of hydrogen-bond acceptors (Lipinski definition) is 2. The highest BCUT2D eigenvalue weighted by atomic mass is 35.5. The van der Waals surface area contributed by atoms with Crippen LogP contribution in [0.2, 0.25) is 0 Å². The molecule has 1 amide bonds. The van der Waals surface area contributed by atoms with Gasteiger partial charge in [0.1, 0.15) is 0 Å². The zero-order chi connectivity index (χ0) is 13.4. The van der Waals surface area contributed by atoms with E-state index in [1.165, 1.54) is 10.4 Å². The van der Waals surface area contributed by atoms with Gasteiger partial charge in [-0.2, -0.15) is 0 Å². The Bertz CT molecular complexity index is 575. The molecule has 0 saturated carbocycles. The molecule has 1 aromatic rings. The third-order valence-electron chi connectivity index (χ3n) is 3.25. The SMILES string of the molecule is C/C(=C/Cl)CN1C(=O)C(=O)c2ccc(C)c(C)c21. The Morgan fingerprint density at radius 2 is 2.00 bits per heavy atom. The molecule has 1 aliphatic rings. The highest BCUT2D eigenvalue weighted by Crippen LogP contribution is 2.34. The number of fused-ring (bicyclic) bond motifs is 1. The van der Waals surface area contributed by atoms with Gasteiger partial charge in [0.2, 0.25) is 0 Å². The van der Waals surface area contributed by atoms with Gasteiger partial charge in [-0.25, -0.2) is 0 Å². The maximum atomic E-state index is 12.0. The van der Waals surface area contributed by atoms with Gasteiger partial charge in [0.05, 0.1) is 11.3 Å². The largest absolute Gasteiger partial charge is 0.300 e. The van der Waals surface area contributed by atoms with Crippen molar-refractivity contribution in [1.29, 1.82) is 0 Å². The first-order chi connectivity index (χ1) is 8.47. The lowest BCUT2D eigenvalue weighted by atomic mass is 10.0. The molecule has 0 N–H and O–H groups in total. The Balaban J connectivity index is 2.56. The second-order valence-corrected chi connectivity index (χ2v) is 4.80. The molecule has 1 aliphatic heterocycles. The van der Waals surface area contributed by atoms with E-state index in [1.807, 2.05) is 26.8 Å². The zero-order valence-electron chi connectivity index (χ0n) is 10.6. The number of aryl methyl sites for hydroxylation is 1. The molecule has 1 heterocycles. The first-order valence-corrected chi connectivity index (χ1v) is 6.13. The van der Waals surface area contributed by atoms with Gasteiger partial charge in [-0.3, -0.25) is 9.59 Å². The number of rotatable bonds is 2. The van der Waals surface area contributed by atoms with Crippen LogP contribution in [0.25, 0.3) is 0 Å². The van der Waals surface area contributed by atoms with E-state index in [9.17, 15) is 9.59 Å². The van der Waals surface area contributed by atoms with Gasteiger partial charge in [-0.15, -0.1) is 0 Å². The number of amides is 1. The topological polar surface area (TPSA) is 37.4 Å². The fourth-order valence-corrected chi connectivity index (χ4v) is 2.18. The van der Waals surface area contributed by atoms with Crippen LogP contribution in [0.1, 0.15) is 28.4 Å². The average molecular weight is 264 g/mol. The maximum Gasteiger partial charge on any atom is 0.299 e. The minimum Gasteiger partial charge on any atom is -0.300 e. The Morgan fingerprint density at radius 3 is 2.61 bits per heavy atom.